The maximum Gasteiger partial charge on any atom is 0.295 e. The van der Waals surface area contributed by atoms with Crippen molar-refractivity contribution in [3.8, 4) is 0 Å². The van der Waals surface area contributed by atoms with Crippen molar-refractivity contribution in [2.24, 2.45) is 11.3 Å². The maximum atomic E-state index is 12.1. The number of nitrogen functional groups attached to an aromatic ring is 1. The van der Waals surface area contributed by atoms with Gasteiger partial charge in [0.1, 0.15) is 5.69 Å². The molecule has 1 amide bonds. The molecule has 1 aromatic rings. The summed E-state index contributed by atoms with van der Waals surface area (Å²) in [6.45, 7) is 2.66. The van der Waals surface area contributed by atoms with Crippen molar-refractivity contribution >= 4 is 28.9 Å². The second kappa shape index (κ2) is 5.87. The summed E-state index contributed by atoms with van der Waals surface area (Å²) in [5.41, 5.74) is 2.19. The highest BCUT2D eigenvalue weighted by atomic mass is 35.5. The molecule has 0 unspecified atom stereocenters. The SMILES string of the molecule is CCC1(CNC(=O)c2cc(Cl)c(NN)c([N+](=O)[O-])c2)CC1. The molecular formula is C13H17ClN4O3. The Bertz CT molecular complexity index is 587. The molecule has 0 heterocycles. The Morgan fingerprint density at radius 1 is 1.52 bits per heavy atom. The van der Waals surface area contributed by atoms with Gasteiger partial charge in [-0.1, -0.05) is 18.5 Å². The van der Waals surface area contributed by atoms with Gasteiger partial charge in [0.15, 0.2) is 0 Å². The first-order chi connectivity index (χ1) is 9.92. The number of hydrogen-bond acceptors (Lipinski definition) is 5. The molecule has 0 bridgehead atoms. The Hall–Kier alpha value is -1.86. The second-order valence-corrected chi connectivity index (χ2v) is 5.70. The lowest BCUT2D eigenvalue weighted by atomic mass is 10.0. The molecule has 0 saturated heterocycles. The molecule has 0 atom stereocenters. The van der Waals surface area contributed by atoms with Gasteiger partial charge in [0.05, 0.1) is 9.95 Å². The molecule has 0 aliphatic heterocycles. The van der Waals surface area contributed by atoms with E-state index in [1.165, 1.54) is 12.1 Å². The minimum atomic E-state index is -0.633. The lowest BCUT2D eigenvalue weighted by molar-refractivity contribution is -0.384. The summed E-state index contributed by atoms with van der Waals surface area (Å²) in [6.07, 6.45) is 3.20. The van der Waals surface area contributed by atoms with Crippen LogP contribution in [0, 0.1) is 15.5 Å². The van der Waals surface area contributed by atoms with E-state index in [1.807, 2.05) is 0 Å². The van der Waals surface area contributed by atoms with Crippen LogP contribution in [0.4, 0.5) is 11.4 Å². The zero-order chi connectivity index (χ0) is 15.6. The van der Waals surface area contributed by atoms with Crippen molar-refractivity contribution in [3.05, 3.63) is 32.8 Å². The lowest BCUT2D eigenvalue weighted by Crippen LogP contribution is -2.30. The van der Waals surface area contributed by atoms with Crippen LogP contribution < -0.4 is 16.6 Å². The number of carbonyl (C=O) groups is 1. The van der Waals surface area contributed by atoms with Crippen molar-refractivity contribution < 1.29 is 9.72 Å². The molecule has 1 fully saturated rings. The van der Waals surface area contributed by atoms with Gasteiger partial charge in [-0.2, -0.15) is 0 Å². The third-order valence-corrected chi connectivity index (χ3v) is 4.30. The monoisotopic (exact) mass is 312 g/mol. The molecule has 0 radical (unpaired) electrons. The van der Waals surface area contributed by atoms with Crippen molar-refractivity contribution in [3.63, 3.8) is 0 Å². The molecule has 8 heteroatoms. The Morgan fingerprint density at radius 3 is 2.67 bits per heavy atom. The van der Waals surface area contributed by atoms with Crippen LogP contribution in [0.1, 0.15) is 36.5 Å². The summed E-state index contributed by atoms with van der Waals surface area (Å²) >= 11 is 5.93. The molecule has 2 rings (SSSR count). The van der Waals surface area contributed by atoms with Crippen LogP contribution in [0.5, 0.6) is 0 Å². The number of rotatable bonds is 6. The van der Waals surface area contributed by atoms with Gasteiger partial charge in [-0.3, -0.25) is 20.8 Å². The average Bonchev–Trinajstić information content (AvgIpc) is 3.24. The highest BCUT2D eigenvalue weighted by molar-refractivity contribution is 6.34. The lowest BCUT2D eigenvalue weighted by Gasteiger charge is -2.14. The number of nitro groups is 1. The van der Waals surface area contributed by atoms with Gasteiger partial charge in [0, 0.05) is 18.2 Å². The van der Waals surface area contributed by atoms with E-state index in [1.54, 1.807) is 0 Å². The number of benzene rings is 1. The summed E-state index contributed by atoms with van der Waals surface area (Å²) in [6, 6.07) is 2.53. The van der Waals surface area contributed by atoms with Gasteiger partial charge in [-0.25, -0.2) is 0 Å². The van der Waals surface area contributed by atoms with Gasteiger partial charge in [0.2, 0.25) is 0 Å². The average molecular weight is 313 g/mol. The van der Waals surface area contributed by atoms with Crippen molar-refractivity contribution in [2.45, 2.75) is 26.2 Å². The molecule has 7 nitrogen and oxygen atoms in total. The Labute approximate surface area is 127 Å². The van der Waals surface area contributed by atoms with Crippen molar-refractivity contribution in [1.29, 1.82) is 0 Å². The van der Waals surface area contributed by atoms with E-state index in [0.29, 0.717) is 6.54 Å². The second-order valence-electron chi connectivity index (χ2n) is 5.29. The summed E-state index contributed by atoms with van der Waals surface area (Å²) in [5, 5.41) is 13.8. The molecule has 1 aromatic carbocycles. The molecule has 1 aliphatic rings. The van der Waals surface area contributed by atoms with Crippen LogP contribution >= 0.6 is 11.6 Å². The number of hydrogen-bond donors (Lipinski definition) is 3. The number of amides is 1. The maximum absolute atomic E-state index is 12.1. The number of nitrogens with zero attached hydrogens (tertiary/aromatic N) is 1. The van der Waals surface area contributed by atoms with Crippen LogP contribution in [0.2, 0.25) is 5.02 Å². The number of nitro benzene ring substituents is 1. The van der Waals surface area contributed by atoms with E-state index in [-0.39, 0.29) is 33.3 Å². The smallest absolute Gasteiger partial charge is 0.295 e. The fourth-order valence-corrected chi connectivity index (χ4v) is 2.48. The topological polar surface area (TPSA) is 110 Å². The minimum absolute atomic E-state index is 0.00885. The summed E-state index contributed by atoms with van der Waals surface area (Å²) < 4.78 is 0. The minimum Gasteiger partial charge on any atom is -0.351 e. The Morgan fingerprint density at radius 2 is 2.19 bits per heavy atom. The zero-order valence-electron chi connectivity index (χ0n) is 11.6. The quantitative estimate of drug-likeness (QED) is 0.424. The van der Waals surface area contributed by atoms with Crippen LogP contribution in [-0.4, -0.2) is 17.4 Å². The van der Waals surface area contributed by atoms with Gasteiger partial charge < -0.3 is 10.7 Å². The molecule has 0 aromatic heterocycles. The van der Waals surface area contributed by atoms with Crippen LogP contribution in [-0.2, 0) is 0 Å². The van der Waals surface area contributed by atoms with E-state index in [9.17, 15) is 14.9 Å². The third-order valence-electron chi connectivity index (χ3n) is 4.00. The van der Waals surface area contributed by atoms with E-state index in [0.717, 1.165) is 19.3 Å². The van der Waals surface area contributed by atoms with Crippen molar-refractivity contribution in [1.82, 2.24) is 5.32 Å². The predicted octanol–water partition coefficient (Wildman–Crippen LogP) is 2.45. The molecule has 1 saturated carbocycles. The van der Waals surface area contributed by atoms with Crippen LogP contribution in [0.3, 0.4) is 0 Å². The van der Waals surface area contributed by atoms with E-state index < -0.39 is 4.92 Å². The first-order valence-electron chi connectivity index (χ1n) is 6.65. The molecule has 114 valence electrons. The predicted molar refractivity (Wildman–Crippen MR) is 80.2 cm³/mol. The zero-order valence-corrected chi connectivity index (χ0v) is 12.4. The summed E-state index contributed by atoms with van der Waals surface area (Å²) in [7, 11) is 0. The van der Waals surface area contributed by atoms with Gasteiger partial charge in [-0.05, 0) is 30.7 Å². The normalized spacial score (nSPS) is 15.4. The van der Waals surface area contributed by atoms with Crippen LogP contribution in [0.15, 0.2) is 12.1 Å². The number of nitrogens with two attached hydrogens (primary N) is 1. The number of carbonyl (C=O) groups excluding carboxylic acids is 1. The molecular weight excluding hydrogens is 296 g/mol. The van der Waals surface area contributed by atoms with Crippen LogP contribution in [0.25, 0.3) is 0 Å². The van der Waals surface area contributed by atoms with Gasteiger partial charge in [0.25, 0.3) is 11.6 Å². The standard InChI is InChI=1S/C13H17ClN4O3/c1-2-13(3-4-13)7-16-12(19)8-5-9(14)11(17-15)10(6-8)18(20)21/h5-6,17H,2-4,7,15H2,1H3,(H,16,19). The van der Waals surface area contributed by atoms with Crippen molar-refractivity contribution in [2.75, 3.05) is 12.0 Å². The fraction of sp³-hybridized carbons (Fsp3) is 0.462. The fourth-order valence-electron chi connectivity index (χ4n) is 2.21. The highest BCUT2D eigenvalue weighted by Crippen LogP contribution is 2.47. The molecule has 4 N–H and O–H groups in total. The third kappa shape index (κ3) is 3.25. The van der Waals surface area contributed by atoms with Gasteiger partial charge >= 0.3 is 0 Å². The number of anilines is 1. The summed E-state index contributed by atoms with van der Waals surface area (Å²) in [4.78, 5) is 22.5. The van der Waals surface area contributed by atoms with E-state index >= 15 is 0 Å². The first kappa shape index (κ1) is 15.5. The molecule has 0 spiro atoms. The molecule has 1 aliphatic carbocycles. The summed E-state index contributed by atoms with van der Waals surface area (Å²) in [5.74, 6) is 4.85. The van der Waals surface area contributed by atoms with E-state index in [4.69, 9.17) is 17.4 Å². The molecule has 21 heavy (non-hydrogen) atoms. The highest BCUT2D eigenvalue weighted by Gasteiger charge is 2.40. The Balaban J connectivity index is 2.19. The number of nitrogens with one attached hydrogen (secondary N) is 2. The number of halogens is 1. The Kier molecular flexibility index (Phi) is 4.34. The van der Waals surface area contributed by atoms with Gasteiger partial charge in [-0.15, -0.1) is 0 Å². The van der Waals surface area contributed by atoms with E-state index in [2.05, 4.69) is 17.7 Å². The largest absolute Gasteiger partial charge is 0.351 e. The first-order valence-corrected chi connectivity index (χ1v) is 7.03. The number of hydrazine groups is 1.